The second kappa shape index (κ2) is 8.55. The quantitative estimate of drug-likeness (QED) is 0.733. The van der Waals surface area contributed by atoms with Crippen molar-refractivity contribution < 1.29 is 9.59 Å². The van der Waals surface area contributed by atoms with Crippen LogP contribution in [0.2, 0.25) is 10.0 Å². The molecule has 0 aliphatic heterocycles. The molecule has 0 spiro atoms. The van der Waals surface area contributed by atoms with E-state index in [1.165, 1.54) is 0 Å². The van der Waals surface area contributed by atoms with Crippen molar-refractivity contribution in [2.24, 2.45) is 11.3 Å². The molecule has 1 rings (SSSR count). The number of hydrogen-bond acceptors (Lipinski definition) is 2. The largest absolute Gasteiger partial charge is 0.355 e. The van der Waals surface area contributed by atoms with Crippen molar-refractivity contribution in [2.45, 2.75) is 34.1 Å². The summed E-state index contributed by atoms with van der Waals surface area (Å²) in [6.45, 7) is 8.20. The van der Waals surface area contributed by atoms with Crippen LogP contribution in [0, 0.1) is 11.3 Å². The van der Waals surface area contributed by atoms with Crippen LogP contribution in [0.15, 0.2) is 18.2 Å². The van der Waals surface area contributed by atoms with Gasteiger partial charge in [0.05, 0.1) is 0 Å². The second-order valence-corrected chi connectivity index (χ2v) is 7.31. The molecule has 4 nitrogen and oxygen atoms in total. The maximum Gasteiger partial charge on any atom is 0.235 e. The number of halogens is 2. The van der Waals surface area contributed by atoms with Crippen molar-refractivity contribution in [3.63, 3.8) is 0 Å². The van der Waals surface area contributed by atoms with Gasteiger partial charge in [-0.25, -0.2) is 0 Å². The van der Waals surface area contributed by atoms with Crippen LogP contribution in [0.3, 0.4) is 0 Å². The molecule has 1 aromatic carbocycles. The molecule has 0 aromatic heterocycles. The molecule has 0 aliphatic carbocycles. The van der Waals surface area contributed by atoms with Crippen LogP contribution in [0.5, 0.6) is 0 Å². The van der Waals surface area contributed by atoms with E-state index in [9.17, 15) is 9.59 Å². The van der Waals surface area contributed by atoms with Crippen LogP contribution in [-0.2, 0) is 16.0 Å². The zero-order chi connectivity index (χ0) is 17.6. The van der Waals surface area contributed by atoms with Gasteiger partial charge in [0, 0.05) is 23.1 Å². The first-order valence-electron chi connectivity index (χ1n) is 7.65. The lowest BCUT2D eigenvalue weighted by Crippen LogP contribution is -2.48. The van der Waals surface area contributed by atoms with Crippen LogP contribution in [0.1, 0.15) is 33.3 Å². The maximum atomic E-state index is 12.3. The zero-order valence-electron chi connectivity index (χ0n) is 14.0. The normalized spacial score (nSPS) is 11.4. The van der Waals surface area contributed by atoms with Crippen molar-refractivity contribution >= 4 is 35.0 Å². The van der Waals surface area contributed by atoms with E-state index in [1.807, 2.05) is 19.9 Å². The summed E-state index contributed by atoms with van der Waals surface area (Å²) >= 11 is 11.9. The number of carbonyl (C=O) groups excluding carboxylic acids is 2. The van der Waals surface area contributed by atoms with Gasteiger partial charge >= 0.3 is 0 Å². The lowest BCUT2D eigenvalue weighted by atomic mass is 9.90. The summed E-state index contributed by atoms with van der Waals surface area (Å²) in [5, 5.41) is 6.73. The lowest BCUT2D eigenvalue weighted by molar-refractivity contribution is -0.141. The summed E-state index contributed by atoms with van der Waals surface area (Å²) in [5.41, 5.74) is -0.211. The fourth-order valence-corrected chi connectivity index (χ4v) is 2.38. The van der Waals surface area contributed by atoms with Gasteiger partial charge in [-0.05, 0) is 43.9 Å². The van der Waals surface area contributed by atoms with E-state index in [0.29, 0.717) is 35.5 Å². The zero-order valence-corrected chi connectivity index (χ0v) is 15.5. The van der Waals surface area contributed by atoms with E-state index in [-0.39, 0.29) is 11.8 Å². The van der Waals surface area contributed by atoms with Gasteiger partial charge in [-0.1, -0.05) is 43.1 Å². The van der Waals surface area contributed by atoms with Gasteiger partial charge in [-0.3, -0.25) is 9.59 Å². The molecule has 0 unspecified atom stereocenters. The Morgan fingerprint density at radius 2 is 1.74 bits per heavy atom. The Morgan fingerprint density at radius 3 is 2.30 bits per heavy atom. The van der Waals surface area contributed by atoms with Gasteiger partial charge in [0.15, 0.2) is 0 Å². The Balaban J connectivity index is 2.53. The number of benzene rings is 1. The molecule has 0 atom stereocenters. The van der Waals surface area contributed by atoms with E-state index >= 15 is 0 Å². The molecule has 2 amide bonds. The summed E-state index contributed by atoms with van der Waals surface area (Å²) in [6, 6.07) is 5.26. The van der Waals surface area contributed by atoms with Crippen LogP contribution in [0.25, 0.3) is 0 Å². The van der Waals surface area contributed by atoms with Crippen molar-refractivity contribution in [1.29, 1.82) is 0 Å². The van der Waals surface area contributed by atoms with Gasteiger partial charge in [0.25, 0.3) is 0 Å². The minimum absolute atomic E-state index is 0.270. The van der Waals surface area contributed by atoms with E-state index in [0.717, 1.165) is 5.56 Å². The molecule has 23 heavy (non-hydrogen) atoms. The molecule has 128 valence electrons. The third-order valence-corrected chi connectivity index (χ3v) is 4.09. The predicted octanol–water partition coefficient (Wildman–Crippen LogP) is 3.45. The summed E-state index contributed by atoms with van der Waals surface area (Å²) in [5.74, 6) is -0.234. The smallest absolute Gasteiger partial charge is 0.235 e. The molecular formula is C17H24Cl2N2O2. The van der Waals surface area contributed by atoms with E-state index < -0.39 is 5.41 Å². The maximum absolute atomic E-state index is 12.3. The van der Waals surface area contributed by atoms with E-state index in [2.05, 4.69) is 10.6 Å². The minimum Gasteiger partial charge on any atom is -0.355 e. The average molecular weight is 359 g/mol. The fraction of sp³-hybridized carbons (Fsp3) is 0.529. The summed E-state index contributed by atoms with van der Waals surface area (Å²) in [4.78, 5) is 24.4. The Hall–Kier alpha value is -1.26. The van der Waals surface area contributed by atoms with Gasteiger partial charge in [0.1, 0.15) is 5.41 Å². The highest BCUT2D eigenvalue weighted by Gasteiger charge is 2.35. The molecule has 0 fully saturated rings. The van der Waals surface area contributed by atoms with E-state index in [1.54, 1.807) is 26.0 Å². The molecule has 1 aromatic rings. The molecule has 2 N–H and O–H groups in total. The third kappa shape index (κ3) is 6.04. The fourth-order valence-electron chi connectivity index (χ4n) is 1.88. The highest BCUT2D eigenvalue weighted by Crippen LogP contribution is 2.21. The van der Waals surface area contributed by atoms with E-state index in [4.69, 9.17) is 23.2 Å². The van der Waals surface area contributed by atoms with Crippen LogP contribution in [0.4, 0.5) is 0 Å². The van der Waals surface area contributed by atoms with Gasteiger partial charge in [-0.15, -0.1) is 0 Å². The van der Waals surface area contributed by atoms with Gasteiger partial charge < -0.3 is 10.6 Å². The lowest BCUT2D eigenvalue weighted by Gasteiger charge is -2.23. The number of amides is 2. The summed E-state index contributed by atoms with van der Waals surface area (Å²) in [6.07, 6.45) is 0.575. The average Bonchev–Trinajstić information content (AvgIpc) is 2.46. The number of hydrogen-bond donors (Lipinski definition) is 2. The molecule has 0 saturated carbocycles. The van der Waals surface area contributed by atoms with Crippen molar-refractivity contribution in [2.75, 3.05) is 13.1 Å². The standard InChI is InChI=1S/C17H24Cl2N2O2/c1-11(2)10-21-16(23)17(3,4)15(22)20-8-7-12-5-6-13(18)9-14(12)19/h5-6,9,11H,7-8,10H2,1-4H3,(H,20,22)(H,21,23). The first kappa shape index (κ1) is 19.8. The molecular weight excluding hydrogens is 335 g/mol. The molecule has 0 bridgehead atoms. The van der Waals surface area contributed by atoms with Crippen molar-refractivity contribution in [3.8, 4) is 0 Å². The third-order valence-electron chi connectivity index (χ3n) is 3.50. The SMILES string of the molecule is CC(C)CNC(=O)C(C)(C)C(=O)NCCc1ccc(Cl)cc1Cl. The first-order chi connectivity index (χ1) is 10.6. The summed E-state index contributed by atoms with van der Waals surface area (Å²) in [7, 11) is 0. The van der Waals surface area contributed by atoms with Gasteiger partial charge in [-0.2, -0.15) is 0 Å². The van der Waals surface area contributed by atoms with Crippen molar-refractivity contribution in [3.05, 3.63) is 33.8 Å². The Morgan fingerprint density at radius 1 is 1.13 bits per heavy atom. The second-order valence-electron chi connectivity index (χ2n) is 6.47. The highest BCUT2D eigenvalue weighted by molar-refractivity contribution is 6.35. The van der Waals surface area contributed by atoms with Crippen LogP contribution < -0.4 is 10.6 Å². The highest BCUT2D eigenvalue weighted by atomic mass is 35.5. The number of rotatable bonds is 7. The van der Waals surface area contributed by atoms with Crippen molar-refractivity contribution in [1.82, 2.24) is 10.6 Å². The summed E-state index contributed by atoms with van der Waals surface area (Å²) < 4.78 is 0. The monoisotopic (exact) mass is 358 g/mol. The Kier molecular flexibility index (Phi) is 7.36. The predicted molar refractivity (Wildman–Crippen MR) is 94.8 cm³/mol. The topological polar surface area (TPSA) is 58.2 Å². The Labute approximate surface area is 147 Å². The van der Waals surface area contributed by atoms with Crippen LogP contribution in [-0.4, -0.2) is 24.9 Å². The van der Waals surface area contributed by atoms with Gasteiger partial charge in [0.2, 0.25) is 11.8 Å². The minimum atomic E-state index is -1.11. The van der Waals surface area contributed by atoms with Crippen LogP contribution >= 0.6 is 23.2 Å². The molecule has 0 radical (unpaired) electrons. The number of nitrogens with one attached hydrogen (secondary N) is 2. The number of carbonyl (C=O) groups is 2. The molecule has 0 saturated heterocycles. The Bertz CT molecular complexity index is 572. The molecule has 0 heterocycles. The molecule has 0 aliphatic rings. The molecule has 6 heteroatoms. The first-order valence-corrected chi connectivity index (χ1v) is 8.40.